The maximum Gasteiger partial charge on any atom is 0.222 e. The van der Waals surface area contributed by atoms with E-state index in [1.54, 1.807) is 7.11 Å². The van der Waals surface area contributed by atoms with Gasteiger partial charge in [0.15, 0.2) is 5.82 Å². The van der Waals surface area contributed by atoms with E-state index >= 15 is 0 Å². The van der Waals surface area contributed by atoms with Crippen LogP contribution >= 0.6 is 0 Å². The summed E-state index contributed by atoms with van der Waals surface area (Å²) in [6.45, 7) is 9.54. The Bertz CT molecular complexity index is 1140. The van der Waals surface area contributed by atoms with Crippen LogP contribution in [0.25, 0.3) is 11.4 Å². The number of carbonyl (C=O) groups excluding carboxylic acids is 1. The van der Waals surface area contributed by atoms with E-state index in [4.69, 9.17) is 14.7 Å². The van der Waals surface area contributed by atoms with Crippen molar-refractivity contribution in [3.63, 3.8) is 0 Å². The zero-order valence-electron chi connectivity index (χ0n) is 20.7. The van der Waals surface area contributed by atoms with Crippen molar-refractivity contribution in [3.05, 3.63) is 76.5 Å². The van der Waals surface area contributed by atoms with Crippen LogP contribution in [0.5, 0.6) is 0 Å². The van der Waals surface area contributed by atoms with Gasteiger partial charge in [-0.1, -0.05) is 61.0 Å². The predicted octanol–water partition coefficient (Wildman–Crippen LogP) is 4.56. The average molecular weight is 459 g/mol. The van der Waals surface area contributed by atoms with Gasteiger partial charge >= 0.3 is 0 Å². The highest BCUT2D eigenvalue weighted by molar-refractivity contribution is 5.76. The lowest BCUT2D eigenvalue weighted by Crippen LogP contribution is -2.49. The molecule has 34 heavy (non-hydrogen) atoms. The Morgan fingerprint density at radius 2 is 1.74 bits per heavy atom. The summed E-state index contributed by atoms with van der Waals surface area (Å²) >= 11 is 0. The number of carbonyl (C=O) groups is 1. The van der Waals surface area contributed by atoms with Gasteiger partial charge in [0, 0.05) is 57.3 Å². The number of piperazine rings is 1. The normalized spacial score (nSPS) is 13.9. The summed E-state index contributed by atoms with van der Waals surface area (Å²) in [5.74, 6) is 1.87. The van der Waals surface area contributed by atoms with Crippen molar-refractivity contribution in [2.45, 2.75) is 40.2 Å². The van der Waals surface area contributed by atoms with Crippen molar-refractivity contribution in [1.29, 1.82) is 0 Å². The minimum absolute atomic E-state index is 0.211. The Morgan fingerprint density at radius 3 is 2.41 bits per heavy atom. The molecule has 2 heterocycles. The van der Waals surface area contributed by atoms with Gasteiger partial charge < -0.3 is 14.5 Å². The van der Waals surface area contributed by atoms with E-state index in [-0.39, 0.29) is 5.91 Å². The molecule has 1 aliphatic rings. The summed E-state index contributed by atoms with van der Waals surface area (Å²) in [5, 5.41) is 0. The molecule has 1 amide bonds. The van der Waals surface area contributed by atoms with Crippen LogP contribution in [-0.4, -0.2) is 54.1 Å². The molecule has 1 aliphatic heterocycles. The summed E-state index contributed by atoms with van der Waals surface area (Å²) in [6, 6.07) is 16.7. The first kappa shape index (κ1) is 23.9. The van der Waals surface area contributed by atoms with Crippen molar-refractivity contribution in [3.8, 4) is 11.4 Å². The molecule has 2 aromatic carbocycles. The van der Waals surface area contributed by atoms with Crippen molar-refractivity contribution >= 4 is 11.7 Å². The highest BCUT2D eigenvalue weighted by Crippen LogP contribution is 2.30. The maximum absolute atomic E-state index is 12.2. The molecule has 0 saturated carbocycles. The second-order valence-electron chi connectivity index (χ2n) is 8.92. The molecule has 4 rings (SSSR count). The largest absolute Gasteiger partial charge is 0.378 e. The molecule has 1 saturated heterocycles. The van der Waals surface area contributed by atoms with Crippen LogP contribution in [0.2, 0.25) is 0 Å². The first-order valence-electron chi connectivity index (χ1n) is 12.0. The summed E-state index contributed by atoms with van der Waals surface area (Å²) in [7, 11) is 1.71. The summed E-state index contributed by atoms with van der Waals surface area (Å²) < 4.78 is 5.59. The van der Waals surface area contributed by atoms with Crippen molar-refractivity contribution in [2.75, 3.05) is 38.2 Å². The fraction of sp³-hybridized carbons (Fsp3) is 0.393. The van der Waals surface area contributed by atoms with Gasteiger partial charge in [0.2, 0.25) is 5.91 Å². The molecule has 6 nitrogen and oxygen atoms in total. The lowest BCUT2D eigenvalue weighted by molar-refractivity contribution is -0.131. The van der Waals surface area contributed by atoms with Gasteiger partial charge in [-0.2, -0.15) is 0 Å². The zero-order chi connectivity index (χ0) is 24.1. The van der Waals surface area contributed by atoms with Gasteiger partial charge in [-0.15, -0.1) is 0 Å². The number of hydrogen-bond acceptors (Lipinski definition) is 5. The standard InChI is InChI=1S/C28H34N4O2/c1-5-26(33)31-13-15-32(16-14-31)28-24(18-23-17-20(2)11-12-21(23)3)25(19-34-4)29-27(30-28)22-9-7-6-8-10-22/h6-12,17H,5,13-16,18-19H2,1-4H3. The lowest BCUT2D eigenvalue weighted by Gasteiger charge is -2.36. The molecular weight excluding hydrogens is 424 g/mol. The van der Waals surface area contributed by atoms with Gasteiger partial charge in [0.05, 0.1) is 12.3 Å². The molecule has 6 heteroatoms. The second-order valence-corrected chi connectivity index (χ2v) is 8.92. The summed E-state index contributed by atoms with van der Waals surface area (Å²) in [4.78, 5) is 26.6. The number of ether oxygens (including phenoxy) is 1. The molecule has 0 atom stereocenters. The monoisotopic (exact) mass is 458 g/mol. The van der Waals surface area contributed by atoms with Crippen molar-refractivity contribution in [2.24, 2.45) is 0 Å². The van der Waals surface area contributed by atoms with E-state index in [0.29, 0.717) is 31.9 Å². The predicted molar refractivity (Wildman–Crippen MR) is 136 cm³/mol. The Morgan fingerprint density at radius 1 is 1.00 bits per heavy atom. The van der Waals surface area contributed by atoms with E-state index < -0.39 is 0 Å². The number of benzene rings is 2. The highest BCUT2D eigenvalue weighted by Gasteiger charge is 2.26. The number of aryl methyl sites for hydroxylation is 2. The molecule has 0 N–H and O–H groups in total. The van der Waals surface area contributed by atoms with Crippen molar-refractivity contribution < 1.29 is 9.53 Å². The Hall–Kier alpha value is -3.25. The molecule has 0 bridgehead atoms. The first-order valence-corrected chi connectivity index (χ1v) is 12.0. The van der Waals surface area contributed by atoms with E-state index in [1.165, 1.54) is 16.7 Å². The summed E-state index contributed by atoms with van der Waals surface area (Å²) in [6.07, 6.45) is 1.28. The van der Waals surface area contributed by atoms with E-state index in [0.717, 1.165) is 42.1 Å². The van der Waals surface area contributed by atoms with E-state index in [9.17, 15) is 4.79 Å². The molecule has 3 aromatic rings. The quantitative estimate of drug-likeness (QED) is 0.520. The number of nitrogens with zero attached hydrogens (tertiary/aromatic N) is 4. The number of hydrogen-bond donors (Lipinski definition) is 0. The molecule has 1 aromatic heterocycles. The van der Waals surface area contributed by atoms with Crippen molar-refractivity contribution in [1.82, 2.24) is 14.9 Å². The number of rotatable bonds is 7. The minimum Gasteiger partial charge on any atom is -0.378 e. The van der Waals surface area contributed by atoms with Crippen LogP contribution in [0.1, 0.15) is 41.3 Å². The number of aromatic nitrogens is 2. The maximum atomic E-state index is 12.2. The third-order valence-corrected chi connectivity index (χ3v) is 6.49. The number of amides is 1. The Balaban J connectivity index is 1.79. The highest BCUT2D eigenvalue weighted by atomic mass is 16.5. The van der Waals surface area contributed by atoms with Crippen LogP contribution < -0.4 is 4.90 Å². The number of methoxy groups -OCH3 is 1. The lowest BCUT2D eigenvalue weighted by atomic mass is 9.97. The third kappa shape index (κ3) is 5.28. The molecular formula is C28H34N4O2. The fourth-order valence-electron chi connectivity index (χ4n) is 4.50. The van der Waals surface area contributed by atoms with E-state index in [1.807, 2.05) is 42.2 Å². The smallest absolute Gasteiger partial charge is 0.222 e. The Kier molecular flexibility index (Phi) is 7.58. The van der Waals surface area contributed by atoms with Crippen LogP contribution in [0, 0.1) is 13.8 Å². The topological polar surface area (TPSA) is 58.6 Å². The molecule has 0 unspecified atom stereocenters. The minimum atomic E-state index is 0.211. The third-order valence-electron chi connectivity index (χ3n) is 6.49. The molecule has 0 spiro atoms. The molecule has 0 aliphatic carbocycles. The van der Waals surface area contributed by atoms with Crippen LogP contribution in [-0.2, 0) is 22.6 Å². The van der Waals surface area contributed by atoms with Gasteiger partial charge in [0.1, 0.15) is 5.82 Å². The second kappa shape index (κ2) is 10.8. The van der Waals surface area contributed by atoms with E-state index in [2.05, 4.69) is 36.9 Å². The van der Waals surface area contributed by atoms with Gasteiger partial charge in [-0.05, 0) is 25.0 Å². The van der Waals surface area contributed by atoms with Gasteiger partial charge in [-0.25, -0.2) is 9.97 Å². The first-order chi connectivity index (χ1) is 16.5. The molecule has 0 radical (unpaired) electrons. The number of anilines is 1. The SMILES string of the molecule is CCC(=O)N1CCN(c2nc(-c3ccccc3)nc(COC)c2Cc2cc(C)ccc2C)CC1. The van der Waals surface area contributed by atoms with Gasteiger partial charge in [0.25, 0.3) is 0 Å². The fourth-order valence-corrected chi connectivity index (χ4v) is 4.50. The molecule has 1 fully saturated rings. The average Bonchev–Trinajstić information content (AvgIpc) is 2.87. The van der Waals surface area contributed by atoms with Gasteiger partial charge in [-0.3, -0.25) is 4.79 Å². The summed E-state index contributed by atoms with van der Waals surface area (Å²) in [5.41, 5.74) is 6.77. The van der Waals surface area contributed by atoms with Crippen LogP contribution in [0.3, 0.4) is 0 Å². The van der Waals surface area contributed by atoms with Crippen LogP contribution in [0.15, 0.2) is 48.5 Å². The van der Waals surface area contributed by atoms with Crippen LogP contribution in [0.4, 0.5) is 5.82 Å². The molecule has 178 valence electrons. The Labute approximate surface area is 202 Å². The zero-order valence-corrected chi connectivity index (χ0v) is 20.7.